The molecule has 0 unspecified atom stereocenters. The lowest BCUT2D eigenvalue weighted by Crippen LogP contribution is -2.11. The van der Waals surface area contributed by atoms with E-state index in [1.807, 2.05) is 0 Å². The molecule has 31 heavy (non-hydrogen) atoms. The van der Waals surface area contributed by atoms with E-state index in [0.29, 0.717) is 11.5 Å². The highest BCUT2D eigenvalue weighted by atomic mass is 32.2. The van der Waals surface area contributed by atoms with Gasteiger partial charge in [0.25, 0.3) is 5.97 Å². The van der Waals surface area contributed by atoms with Gasteiger partial charge in [0.05, 0.1) is 11.5 Å². The van der Waals surface area contributed by atoms with Crippen molar-refractivity contribution in [3.05, 3.63) is 0 Å². The Balaban J connectivity index is 0. The molecule has 4 nitrogen and oxygen atoms in total. The van der Waals surface area contributed by atoms with Gasteiger partial charge >= 0.3 is 0 Å². The van der Waals surface area contributed by atoms with Gasteiger partial charge in [0.1, 0.15) is 9.84 Å². The van der Waals surface area contributed by atoms with Crippen LogP contribution in [0.15, 0.2) is 0 Å². The maximum atomic E-state index is 12.1. The number of unbranched alkanes of at least 4 members (excludes halogenated alkanes) is 18. The first-order chi connectivity index (χ1) is 14.9. The highest BCUT2D eigenvalue weighted by molar-refractivity contribution is 7.91. The van der Waals surface area contributed by atoms with Crippen LogP contribution < -0.4 is 0 Å². The first kappa shape index (κ1) is 32.6. The zero-order chi connectivity index (χ0) is 23.6. The van der Waals surface area contributed by atoms with E-state index < -0.39 is 15.8 Å². The Kier molecular flexibility index (Phi) is 27.0. The minimum absolute atomic E-state index is 0.418. The summed E-state index contributed by atoms with van der Waals surface area (Å²) in [7, 11) is -2.80. The second kappa shape index (κ2) is 25.7. The third kappa shape index (κ3) is 34.2. The zero-order valence-corrected chi connectivity index (χ0v) is 22.0. The van der Waals surface area contributed by atoms with Crippen molar-refractivity contribution in [3.63, 3.8) is 0 Å². The van der Waals surface area contributed by atoms with Gasteiger partial charge in [-0.15, -0.1) is 0 Å². The van der Waals surface area contributed by atoms with Crippen LogP contribution in [0.5, 0.6) is 0 Å². The van der Waals surface area contributed by atoms with Crippen molar-refractivity contribution in [1.82, 2.24) is 0 Å². The van der Waals surface area contributed by atoms with Gasteiger partial charge in [0, 0.05) is 6.92 Å². The van der Waals surface area contributed by atoms with Gasteiger partial charge in [-0.1, -0.05) is 129 Å². The third-order valence-corrected chi connectivity index (χ3v) is 7.44. The molecule has 0 saturated carbocycles. The summed E-state index contributed by atoms with van der Waals surface area (Å²) < 4.78 is 24.2. The Bertz CT molecular complexity index is 426. The number of carboxylic acids is 1. The van der Waals surface area contributed by atoms with Crippen LogP contribution in [0.3, 0.4) is 0 Å². The van der Waals surface area contributed by atoms with Gasteiger partial charge in [0.2, 0.25) is 0 Å². The molecule has 0 spiro atoms. The molecule has 0 saturated heterocycles. The predicted octanol–water partition coefficient (Wildman–Crippen LogP) is 8.33. The molecule has 0 bridgehead atoms. The molecule has 5 heteroatoms. The topological polar surface area (TPSA) is 71.4 Å². The van der Waals surface area contributed by atoms with Crippen LogP contribution >= 0.6 is 0 Å². The molecular weight excluding hydrogens is 408 g/mol. The first-order valence-electron chi connectivity index (χ1n) is 13.3. The van der Waals surface area contributed by atoms with Gasteiger partial charge in [-0.05, 0) is 12.8 Å². The SMILES string of the molecule is CC(=O)O.CCCCCCCCCCCCS(=O)(=O)CCCCCCCCCCCC. The van der Waals surface area contributed by atoms with Crippen LogP contribution in [0.2, 0.25) is 0 Å². The summed E-state index contributed by atoms with van der Waals surface area (Å²) in [5.74, 6) is 0.00184. The highest BCUT2D eigenvalue weighted by Gasteiger charge is 2.09. The van der Waals surface area contributed by atoms with Crippen LogP contribution in [0.4, 0.5) is 0 Å². The summed E-state index contributed by atoms with van der Waals surface area (Å²) in [5.41, 5.74) is 0. The van der Waals surface area contributed by atoms with Crippen molar-refractivity contribution in [3.8, 4) is 0 Å². The van der Waals surface area contributed by atoms with Crippen molar-refractivity contribution in [2.45, 2.75) is 149 Å². The quantitative estimate of drug-likeness (QED) is 0.164. The molecular formula is C26H54O4S. The molecule has 1 N–H and O–H groups in total. The van der Waals surface area contributed by atoms with Crippen LogP contribution in [0.1, 0.15) is 149 Å². The Morgan fingerprint density at radius 3 is 0.935 bits per heavy atom. The second-order valence-electron chi connectivity index (χ2n) is 9.03. The van der Waals surface area contributed by atoms with Crippen LogP contribution in [0, 0.1) is 0 Å². The van der Waals surface area contributed by atoms with Crippen molar-refractivity contribution < 1.29 is 18.3 Å². The molecule has 0 aromatic carbocycles. The predicted molar refractivity (Wildman–Crippen MR) is 136 cm³/mol. The normalized spacial score (nSPS) is 11.2. The van der Waals surface area contributed by atoms with Gasteiger partial charge < -0.3 is 5.11 Å². The fourth-order valence-electron chi connectivity index (χ4n) is 3.72. The van der Waals surface area contributed by atoms with E-state index in [9.17, 15) is 8.42 Å². The van der Waals surface area contributed by atoms with E-state index in [1.54, 1.807) is 0 Å². The molecule has 0 aliphatic rings. The van der Waals surface area contributed by atoms with E-state index in [2.05, 4.69) is 13.8 Å². The number of hydrogen-bond acceptors (Lipinski definition) is 3. The summed E-state index contributed by atoms with van der Waals surface area (Å²) in [6.45, 7) is 5.59. The lowest BCUT2D eigenvalue weighted by atomic mass is 10.1. The van der Waals surface area contributed by atoms with Gasteiger partial charge in [-0.2, -0.15) is 0 Å². The number of sulfone groups is 1. The lowest BCUT2D eigenvalue weighted by Gasteiger charge is -2.05. The number of hydrogen-bond donors (Lipinski definition) is 1. The van der Waals surface area contributed by atoms with E-state index in [0.717, 1.165) is 32.6 Å². The molecule has 0 fully saturated rings. The minimum atomic E-state index is -2.80. The molecule has 0 atom stereocenters. The smallest absolute Gasteiger partial charge is 0.300 e. The fraction of sp³-hybridized carbons (Fsp3) is 0.962. The molecule has 0 aliphatic heterocycles. The molecule has 188 valence electrons. The van der Waals surface area contributed by atoms with E-state index in [4.69, 9.17) is 9.90 Å². The zero-order valence-electron chi connectivity index (χ0n) is 21.1. The van der Waals surface area contributed by atoms with Crippen molar-refractivity contribution in [1.29, 1.82) is 0 Å². The van der Waals surface area contributed by atoms with Crippen LogP contribution in [-0.2, 0) is 14.6 Å². The largest absolute Gasteiger partial charge is 0.481 e. The van der Waals surface area contributed by atoms with E-state index >= 15 is 0 Å². The molecule has 0 aliphatic carbocycles. The summed E-state index contributed by atoms with van der Waals surface area (Å²) in [5, 5.41) is 7.42. The Hall–Kier alpha value is -0.580. The minimum Gasteiger partial charge on any atom is -0.481 e. The monoisotopic (exact) mass is 462 g/mol. The van der Waals surface area contributed by atoms with Crippen molar-refractivity contribution >= 4 is 15.8 Å². The Morgan fingerprint density at radius 2 is 0.710 bits per heavy atom. The third-order valence-electron chi connectivity index (χ3n) is 5.62. The molecule has 0 amide bonds. The number of aliphatic carboxylic acids is 1. The molecule has 0 heterocycles. The fourth-order valence-corrected chi connectivity index (χ4v) is 5.21. The number of carboxylic acid groups (broad SMARTS) is 1. The average Bonchev–Trinajstić information content (AvgIpc) is 2.70. The standard InChI is InChI=1S/C24H50O2S.C2H4O2/c1-3-5-7-9-11-13-15-17-19-21-23-27(25,26)24-22-20-18-16-14-12-10-8-6-4-2;1-2(3)4/h3-24H2,1-2H3;1H3,(H,3,4). The Morgan fingerprint density at radius 1 is 0.516 bits per heavy atom. The second-order valence-corrected chi connectivity index (χ2v) is 11.3. The van der Waals surface area contributed by atoms with Crippen molar-refractivity contribution in [2.24, 2.45) is 0 Å². The van der Waals surface area contributed by atoms with Crippen LogP contribution in [0.25, 0.3) is 0 Å². The summed E-state index contributed by atoms with van der Waals surface area (Å²) in [4.78, 5) is 9.00. The van der Waals surface area contributed by atoms with Crippen molar-refractivity contribution in [2.75, 3.05) is 11.5 Å². The summed E-state index contributed by atoms with van der Waals surface area (Å²) in [6.07, 6.45) is 25.2. The summed E-state index contributed by atoms with van der Waals surface area (Å²) >= 11 is 0. The van der Waals surface area contributed by atoms with Gasteiger partial charge in [-0.3, -0.25) is 4.79 Å². The average molecular weight is 463 g/mol. The Labute approximate surface area is 194 Å². The molecule has 0 aromatic heterocycles. The lowest BCUT2D eigenvalue weighted by molar-refractivity contribution is -0.134. The van der Waals surface area contributed by atoms with E-state index in [-0.39, 0.29) is 0 Å². The highest BCUT2D eigenvalue weighted by Crippen LogP contribution is 2.13. The number of rotatable bonds is 22. The maximum absolute atomic E-state index is 12.1. The first-order valence-corrected chi connectivity index (χ1v) is 15.1. The molecule has 0 radical (unpaired) electrons. The van der Waals surface area contributed by atoms with Gasteiger partial charge in [-0.25, -0.2) is 8.42 Å². The summed E-state index contributed by atoms with van der Waals surface area (Å²) in [6, 6.07) is 0. The molecule has 0 rings (SSSR count). The number of carbonyl (C=O) groups is 1. The maximum Gasteiger partial charge on any atom is 0.300 e. The van der Waals surface area contributed by atoms with Crippen LogP contribution in [-0.4, -0.2) is 31.0 Å². The molecule has 0 aromatic rings. The van der Waals surface area contributed by atoms with E-state index in [1.165, 1.54) is 103 Å². The van der Waals surface area contributed by atoms with Gasteiger partial charge in [0.15, 0.2) is 0 Å².